The molecule has 3 nitrogen and oxygen atoms in total. The van der Waals surface area contributed by atoms with E-state index in [2.05, 4.69) is 17.0 Å². The van der Waals surface area contributed by atoms with Gasteiger partial charge in [0.05, 0.1) is 11.6 Å². The Bertz CT molecular complexity index is 514. The zero-order chi connectivity index (χ0) is 15.5. The second-order valence-electron chi connectivity index (χ2n) is 5.16. The van der Waals surface area contributed by atoms with Gasteiger partial charge in [-0.1, -0.05) is 44.7 Å². The first kappa shape index (κ1) is 15.7. The predicted octanol–water partition coefficient (Wildman–Crippen LogP) is 4.59. The fourth-order valence-electron chi connectivity index (χ4n) is 2.60. The Morgan fingerprint density at radius 1 is 1.24 bits per heavy atom. The van der Waals surface area contributed by atoms with Crippen LogP contribution in [0.2, 0.25) is 0 Å². The van der Waals surface area contributed by atoms with E-state index in [1.807, 2.05) is 0 Å². The average molecular weight is 301 g/mol. The summed E-state index contributed by atoms with van der Waals surface area (Å²) in [6.07, 6.45) is -0.0209. The number of alkyl halides is 3. The lowest BCUT2D eigenvalue weighted by Gasteiger charge is -2.12. The number of carbonyl (C=O) groups excluding carboxylic acids is 1. The largest absolute Gasteiger partial charge is 0.573 e. The summed E-state index contributed by atoms with van der Waals surface area (Å²) in [5.41, 5.74) is 0.749. The maximum atomic E-state index is 12.4. The van der Waals surface area contributed by atoms with Gasteiger partial charge in [-0.2, -0.15) is 0 Å². The molecule has 1 unspecified atom stereocenters. The fourth-order valence-corrected chi connectivity index (χ4v) is 2.60. The van der Waals surface area contributed by atoms with Gasteiger partial charge in [0.2, 0.25) is 5.91 Å². The van der Waals surface area contributed by atoms with Crippen molar-refractivity contribution in [3.63, 3.8) is 0 Å². The molecule has 1 aliphatic rings. The van der Waals surface area contributed by atoms with E-state index in [4.69, 9.17) is 0 Å². The van der Waals surface area contributed by atoms with Crippen LogP contribution in [-0.2, 0) is 4.79 Å². The van der Waals surface area contributed by atoms with Crippen molar-refractivity contribution >= 4 is 11.6 Å². The third-order valence-electron chi connectivity index (χ3n) is 3.57. The molecule has 1 aliphatic heterocycles. The van der Waals surface area contributed by atoms with Gasteiger partial charge in [-0.05, 0) is 18.1 Å². The number of ether oxygens (including phenoxy) is 1. The molecule has 1 atom stereocenters. The maximum Gasteiger partial charge on any atom is 0.573 e. The highest BCUT2D eigenvalue weighted by atomic mass is 19.4. The third-order valence-corrected chi connectivity index (χ3v) is 3.57. The fraction of sp³-hybridized carbons (Fsp3) is 0.533. The first-order valence-electron chi connectivity index (χ1n) is 7.12. The minimum absolute atomic E-state index is 0.153. The number of hydrogen-bond donors (Lipinski definition) is 1. The van der Waals surface area contributed by atoms with Gasteiger partial charge < -0.3 is 10.1 Å². The first-order chi connectivity index (χ1) is 9.92. The van der Waals surface area contributed by atoms with Crippen LogP contribution in [0.5, 0.6) is 5.75 Å². The minimum Gasteiger partial charge on any atom is -0.404 e. The number of halogens is 3. The Kier molecular flexibility index (Phi) is 4.75. The SMILES string of the molecule is CCCCCCC1C(=O)Nc2c(OC(F)(F)F)cccc21. The predicted molar refractivity (Wildman–Crippen MR) is 73.3 cm³/mol. The zero-order valence-corrected chi connectivity index (χ0v) is 11.8. The summed E-state index contributed by atoms with van der Waals surface area (Å²) in [6, 6.07) is 4.38. The van der Waals surface area contributed by atoms with E-state index in [1.165, 1.54) is 12.1 Å². The summed E-state index contributed by atoms with van der Waals surface area (Å²) in [7, 11) is 0. The first-order valence-corrected chi connectivity index (χ1v) is 7.12. The Morgan fingerprint density at radius 3 is 2.67 bits per heavy atom. The number of rotatable bonds is 6. The van der Waals surface area contributed by atoms with Gasteiger partial charge in [-0.15, -0.1) is 13.2 Å². The Hall–Kier alpha value is -1.72. The van der Waals surface area contributed by atoms with Gasteiger partial charge >= 0.3 is 6.36 Å². The van der Waals surface area contributed by atoms with Gasteiger partial charge in [0.1, 0.15) is 0 Å². The summed E-state index contributed by atoms with van der Waals surface area (Å²) >= 11 is 0. The number of anilines is 1. The Labute approximate surface area is 121 Å². The molecule has 1 N–H and O–H groups in total. The molecule has 2 rings (SSSR count). The smallest absolute Gasteiger partial charge is 0.404 e. The van der Waals surface area contributed by atoms with Crippen LogP contribution in [0.15, 0.2) is 18.2 Å². The lowest BCUT2D eigenvalue weighted by Crippen LogP contribution is -2.18. The number of carbonyl (C=O) groups is 1. The number of benzene rings is 1. The second-order valence-corrected chi connectivity index (χ2v) is 5.16. The van der Waals surface area contributed by atoms with Crippen molar-refractivity contribution < 1.29 is 22.7 Å². The van der Waals surface area contributed by atoms with Crippen LogP contribution in [0, 0.1) is 0 Å². The standard InChI is InChI=1S/C15H18F3NO2/c1-2-3-4-5-7-11-10-8-6-9-12(21-15(16,17)18)13(10)19-14(11)20/h6,8-9,11H,2-5,7H2,1H3,(H,19,20). The molecule has 0 bridgehead atoms. The molecule has 21 heavy (non-hydrogen) atoms. The molecule has 1 amide bonds. The molecular formula is C15H18F3NO2. The van der Waals surface area contributed by atoms with E-state index >= 15 is 0 Å². The number of para-hydroxylation sites is 1. The molecule has 0 spiro atoms. The van der Waals surface area contributed by atoms with Crippen LogP contribution in [0.3, 0.4) is 0 Å². The molecule has 0 aliphatic carbocycles. The summed E-state index contributed by atoms with van der Waals surface area (Å²) in [6.45, 7) is 2.10. The van der Waals surface area contributed by atoms with Crippen molar-refractivity contribution in [1.29, 1.82) is 0 Å². The minimum atomic E-state index is -4.76. The molecule has 1 aromatic carbocycles. The summed E-state index contributed by atoms with van der Waals surface area (Å²) in [5, 5.41) is 2.52. The third kappa shape index (κ3) is 3.89. The molecule has 0 saturated carbocycles. The number of fused-ring (bicyclic) bond motifs is 1. The molecule has 1 heterocycles. The summed E-state index contributed by atoms with van der Waals surface area (Å²) in [4.78, 5) is 12.0. The molecule has 0 saturated heterocycles. The van der Waals surface area contributed by atoms with Gasteiger partial charge in [0.15, 0.2) is 5.75 Å². The monoisotopic (exact) mass is 301 g/mol. The van der Waals surface area contributed by atoms with Crippen molar-refractivity contribution in [2.45, 2.75) is 51.3 Å². The van der Waals surface area contributed by atoms with Crippen molar-refractivity contribution in [1.82, 2.24) is 0 Å². The van der Waals surface area contributed by atoms with Gasteiger partial charge in [-0.3, -0.25) is 4.79 Å². The molecule has 0 radical (unpaired) electrons. The van der Waals surface area contributed by atoms with Gasteiger partial charge in [0.25, 0.3) is 0 Å². The quantitative estimate of drug-likeness (QED) is 0.780. The molecule has 6 heteroatoms. The van der Waals surface area contributed by atoms with E-state index in [1.54, 1.807) is 6.07 Å². The van der Waals surface area contributed by atoms with Crippen LogP contribution in [0.25, 0.3) is 0 Å². The normalized spacial score (nSPS) is 17.5. The molecule has 0 fully saturated rings. The van der Waals surface area contributed by atoms with Crippen molar-refractivity contribution in [2.75, 3.05) is 5.32 Å². The number of hydrogen-bond acceptors (Lipinski definition) is 2. The molecule has 1 aromatic rings. The van der Waals surface area contributed by atoms with E-state index in [0.29, 0.717) is 12.0 Å². The number of nitrogens with one attached hydrogen (secondary N) is 1. The topological polar surface area (TPSA) is 38.3 Å². The lowest BCUT2D eigenvalue weighted by molar-refractivity contribution is -0.274. The van der Waals surface area contributed by atoms with Crippen molar-refractivity contribution in [3.8, 4) is 5.75 Å². The number of amides is 1. The van der Waals surface area contributed by atoms with E-state index in [9.17, 15) is 18.0 Å². The average Bonchev–Trinajstić information content (AvgIpc) is 2.71. The highest BCUT2D eigenvalue weighted by molar-refractivity contribution is 6.04. The highest BCUT2D eigenvalue weighted by Crippen LogP contribution is 2.42. The van der Waals surface area contributed by atoms with Crippen LogP contribution < -0.4 is 10.1 Å². The van der Waals surface area contributed by atoms with Crippen molar-refractivity contribution in [2.24, 2.45) is 0 Å². The summed E-state index contributed by atoms with van der Waals surface area (Å²) < 4.78 is 41.0. The lowest BCUT2D eigenvalue weighted by atomic mass is 9.94. The van der Waals surface area contributed by atoms with Crippen LogP contribution in [0.1, 0.15) is 50.5 Å². The van der Waals surface area contributed by atoms with E-state index in [-0.39, 0.29) is 23.3 Å². The van der Waals surface area contributed by atoms with Crippen LogP contribution in [-0.4, -0.2) is 12.3 Å². The van der Waals surface area contributed by atoms with E-state index < -0.39 is 6.36 Å². The number of unbranched alkanes of at least 4 members (excludes halogenated alkanes) is 3. The molecular weight excluding hydrogens is 283 g/mol. The van der Waals surface area contributed by atoms with Crippen molar-refractivity contribution in [3.05, 3.63) is 23.8 Å². The molecule has 116 valence electrons. The Balaban J connectivity index is 2.13. The maximum absolute atomic E-state index is 12.4. The summed E-state index contributed by atoms with van der Waals surface area (Å²) in [5.74, 6) is -0.974. The highest BCUT2D eigenvalue weighted by Gasteiger charge is 2.37. The van der Waals surface area contributed by atoms with E-state index in [0.717, 1.165) is 25.7 Å². The van der Waals surface area contributed by atoms with Gasteiger partial charge in [0, 0.05) is 0 Å². The Morgan fingerprint density at radius 2 is 2.00 bits per heavy atom. The zero-order valence-electron chi connectivity index (χ0n) is 11.8. The second kappa shape index (κ2) is 6.37. The van der Waals surface area contributed by atoms with Gasteiger partial charge in [-0.25, -0.2) is 0 Å². The molecule has 0 aromatic heterocycles. The van der Waals surface area contributed by atoms with Crippen LogP contribution >= 0.6 is 0 Å². The van der Waals surface area contributed by atoms with Crippen LogP contribution in [0.4, 0.5) is 18.9 Å².